The summed E-state index contributed by atoms with van der Waals surface area (Å²) in [5.41, 5.74) is 6.08. The molecule has 0 aliphatic heterocycles. The zero-order valence-electron chi connectivity index (χ0n) is 12.6. The third-order valence-electron chi connectivity index (χ3n) is 3.22. The molecule has 0 saturated carbocycles. The van der Waals surface area contributed by atoms with Crippen molar-refractivity contribution in [3.8, 4) is 0 Å². The van der Waals surface area contributed by atoms with E-state index in [0.717, 1.165) is 34.5 Å². The van der Waals surface area contributed by atoms with Gasteiger partial charge in [-0.25, -0.2) is 0 Å². The maximum Gasteiger partial charge on any atom is 0.0562 e. The van der Waals surface area contributed by atoms with Crippen molar-refractivity contribution in [2.75, 3.05) is 35.2 Å². The lowest BCUT2D eigenvalue weighted by Gasteiger charge is -2.22. The molecule has 23 heavy (non-hydrogen) atoms. The smallest absolute Gasteiger partial charge is 0.0562 e. The molecule has 0 radical (unpaired) electrons. The van der Waals surface area contributed by atoms with E-state index >= 15 is 0 Å². The van der Waals surface area contributed by atoms with Crippen LogP contribution in [0.2, 0.25) is 0 Å². The molecule has 0 aliphatic rings. The summed E-state index contributed by atoms with van der Waals surface area (Å²) in [4.78, 5) is 2.17. The Hall–Kier alpha value is -1.23. The molecule has 0 unspecified atom stereocenters. The molecule has 122 valence electrons. The van der Waals surface area contributed by atoms with Crippen LogP contribution in [-0.2, 0) is 0 Å². The molecule has 2 aromatic carbocycles. The molecule has 0 spiro atoms. The molecule has 0 saturated heterocycles. The normalized spacial score (nSPS) is 10.9. The van der Waals surface area contributed by atoms with E-state index in [1.165, 1.54) is 0 Å². The van der Waals surface area contributed by atoms with Gasteiger partial charge in [0.25, 0.3) is 0 Å². The van der Waals surface area contributed by atoms with E-state index in [9.17, 15) is 0 Å². The van der Waals surface area contributed by atoms with Crippen molar-refractivity contribution in [2.24, 2.45) is 5.10 Å². The summed E-state index contributed by atoms with van der Waals surface area (Å²) in [6.45, 7) is 1.57. The van der Waals surface area contributed by atoms with Gasteiger partial charge in [-0.05, 0) is 42.0 Å². The first-order chi connectivity index (χ1) is 11.2. The Morgan fingerprint density at radius 2 is 1.57 bits per heavy atom. The highest BCUT2D eigenvalue weighted by Gasteiger charge is 2.04. The highest BCUT2D eigenvalue weighted by atomic mass is 79.9. The first-order valence-electron chi connectivity index (χ1n) is 7.24. The fourth-order valence-corrected chi connectivity index (χ4v) is 2.72. The molecule has 0 heterocycles. The molecule has 6 heteroatoms. The van der Waals surface area contributed by atoms with Crippen molar-refractivity contribution < 1.29 is 0 Å². The van der Waals surface area contributed by atoms with Crippen LogP contribution in [0.1, 0.15) is 5.56 Å². The number of nitrogens with one attached hydrogen (secondary N) is 1. The summed E-state index contributed by atoms with van der Waals surface area (Å²) in [7, 11) is 0. The second kappa shape index (κ2) is 9.81. The van der Waals surface area contributed by atoms with Crippen molar-refractivity contribution in [3.63, 3.8) is 0 Å². The molecule has 1 N–H and O–H groups in total. The van der Waals surface area contributed by atoms with E-state index in [2.05, 4.69) is 43.5 Å². The first-order valence-corrected chi connectivity index (χ1v) is 9.10. The summed E-state index contributed by atoms with van der Waals surface area (Å²) in [5.74, 6) is 1.16. The number of halogens is 3. The van der Waals surface area contributed by atoms with Crippen LogP contribution in [0.4, 0.5) is 11.4 Å². The van der Waals surface area contributed by atoms with Crippen molar-refractivity contribution in [3.05, 3.63) is 58.6 Å². The van der Waals surface area contributed by atoms with Gasteiger partial charge in [-0.15, -0.1) is 23.2 Å². The van der Waals surface area contributed by atoms with Gasteiger partial charge in [0.1, 0.15) is 0 Å². The van der Waals surface area contributed by atoms with Crippen LogP contribution in [0.15, 0.2) is 58.1 Å². The van der Waals surface area contributed by atoms with Crippen LogP contribution in [-0.4, -0.2) is 31.1 Å². The number of hydrogen-bond donors (Lipinski definition) is 1. The average Bonchev–Trinajstić information content (AvgIpc) is 2.57. The topological polar surface area (TPSA) is 27.6 Å². The fourth-order valence-electron chi connectivity index (χ4n) is 2.05. The maximum atomic E-state index is 5.83. The lowest BCUT2D eigenvalue weighted by molar-refractivity contribution is 0.874. The second-order valence-electron chi connectivity index (χ2n) is 4.83. The van der Waals surface area contributed by atoms with Crippen LogP contribution in [0.3, 0.4) is 0 Å². The van der Waals surface area contributed by atoms with E-state index in [0.29, 0.717) is 11.8 Å². The van der Waals surface area contributed by atoms with Crippen LogP contribution in [0.5, 0.6) is 0 Å². The van der Waals surface area contributed by atoms with Crippen LogP contribution in [0.25, 0.3) is 0 Å². The van der Waals surface area contributed by atoms with Crippen LogP contribution < -0.4 is 10.3 Å². The number of hydrogen-bond acceptors (Lipinski definition) is 3. The summed E-state index contributed by atoms with van der Waals surface area (Å²) in [6.07, 6.45) is 1.79. The monoisotopic (exact) mass is 413 g/mol. The molecule has 0 bridgehead atoms. The molecular weight excluding hydrogens is 397 g/mol. The molecular formula is C17H18BrCl2N3. The summed E-state index contributed by atoms with van der Waals surface area (Å²) in [5, 5.41) is 4.24. The Bertz CT molecular complexity index is 609. The number of hydrazone groups is 1. The summed E-state index contributed by atoms with van der Waals surface area (Å²) < 4.78 is 1.04. The average molecular weight is 415 g/mol. The van der Waals surface area contributed by atoms with Crippen LogP contribution in [0, 0.1) is 0 Å². The number of alkyl halides is 2. The minimum absolute atomic E-state index is 0.581. The third-order valence-corrected chi connectivity index (χ3v) is 4.09. The lowest BCUT2D eigenvalue weighted by atomic mass is 10.2. The number of rotatable bonds is 8. The van der Waals surface area contributed by atoms with Gasteiger partial charge in [0.2, 0.25) is 0 Å². The minimum atomic E-state index is 0.581. The SMILES string of the molecule is ClCCN(CCCl)c1ccc(/C=N\Nc2ccc(Br)cc2)cc1. The molecule has 0 fully saturated rings. The number of benzene rings is 2. The zero-order chi connectivity index (χ0) is 16.5. The van der Waals surface area contributed by atoms with E-state index in [-0.39, 0.29) is 0 Å². The van der Waals surface area contributed by atoms with Gasteiger partial charge in [0, 0.05) is 35.0 Å². The Balaban J connectivity index is 1.95. The molecule has 3 nitrogen and oxygen atoms in total. The van der Waals surface area contributed by atoms with Crippen molar-refractivity contribution in [1.82, 2.24) is 0 Å². The number of anilines is 2. The Morgan fingerprint density at radius 1 is 0.957 bits per heavy atom. The molecule has 0 atom stereocenters. The first kappa shape index (κ1) is 18.1. The standard InChI is InChI=1S/C17H18BrCl2N3/c18-15-3-5-16(6-4-15)22-21-13-14-1-7-17(8-2-14)23(11-9-19)12-10-20/h1-8,13,22H,9-12H2/b21-13-. The molecule has 0 aliphatic carbocycles. The van der Waals surface area contributed by atoms with Gasteiger partial charge in [-0.3, -0.25) is 5.43 Å². The van der Waals surface area contributed by atoms with E-state index < -0.39 is 0 Å². The Morgan fingerprint density at radius 3 is 2.13 bits per heavy atom. The van der Waals surface area contributed by atoms with Gasteiger partial charge >= 0.3 is 0 Å². The van der Waals surface area contributed by atoms with Gasteiger partial charge in [-0.1, -0.05) is 28.1 Å². The predicted octanol–water partition coefficient (Wildman–Crippen LogP) is 5.18. The Kier molecular flexibility index (Phi) is 7.72. The lowest BCUT2D eigenvalue weighted by Crippen LogP contribution is -2.27. The molecule has 2 rings (SSSR count). The third kappa shape index (κ3) is 6.05. The van der Waals surface area contributed by atoms with Gasteiger partial charge in [0.15, 0.2) is 0 Å². The number of nitrogens with zero attached hydrogens (tertiary/aromatic N) is 2. The minimum Gasteiger partial charge on any atom is -0.369 e. The quantitative estimate of drug-likeness (QED) is 0.366. The molecule has 2 aromatic rings. The van der Waals surface area contributed by atoms with Gasteiger partial charge in [0.05, 0.1) is 11.9 Å². The summed E-state index contributed by atoms with van der Waals surface area (Å²) in [6, 6.07) is 16.0. The van der Waals surface area contributed by atoms with Gasteiger partial charge < -0.3 is 4.90 Å². The maximum absolute atomic E-state index is 5.83. The highest BCUT2D eigenvalue weighted by molar-refractivity contribution is 9.10. The largest absolute Gasteiger partial charge is 0.369 e. The van der Waals surface area contributed by atoms with Crippen molar-refractivity contribution in [2.45, 2.75) is 0 Å². The zero-order valence-corrected chi connectivity index (χ0v) is 15.7. The van der Waals surface area contributed by atoms with Crippen molar-refractivity contribution >= 4 is 56.7 Å². The Labute approximate surface area is 155 Å². The van der Waals surface area contributed by atoms with Crippen molar-refractivity contribution in [1.29, 1.82) is 0 Å². The van der Waals surface area contributed by atoms with E-state index in [1.807, 2.05) is 36.4 Å². The van der Waals surface area contributed by atoms with E-state index in [1.54, 1.807) is 6.21 Å². The van der Waals surface area contributed by atoms with Crippen LogP contribution >= 0.6 is 39.1 Å². The summed E-state index contributed by atoms with van der Waals surface area (Å²) >= 11 is 15.1. The van der Waals surface area contributed by atoms with E-state index in [4.69, 9.17) is 23.2 Å². The molecule has 0 amide bonds. The second-order valence-corrected chi connectivity index (χ2v) is 6.51. The highest BCUT2D eigenvalue weighted by Crippen LogP contribution is 2.16. The molecule has 0 aromatic heterocycles. The van der Waals surface area contributed by atoms with Gasteiger partial charge in [-0.2, -0.15) is 5.10 Å². The predicted molar refractivity (Wildman–Crippen MR) is 105 cm³/mol. The fraction of sp³-hybridized carbons (Fsp3) is 0.235.